The highest BCUT2D eigenvalue weighted by Gasteiger charge is 2.33. The van der Waals surface area contributed by atoms with E-state index >= 15 is 0 Å². The standard InChI is InChI=1S/4C14H26.2C14H20.10H2/c6*1-11-3-7-13(8-4-11)14-9-5-12(2)6-10-14;;;;;;;;;;/h4*11-14H,3-10H2,1-2H3;2*3-4,7-8,12,14H,5-6,9-10H2,1-2H3;10*1H. The van der Waals surface area contributed by atoms with Gasteiger partial charge in [-0.2, -0.15) is 0 Å². The highest BCUT2D eigenvalue weighted by molar-refractivity contribution is 5.26. The summed E-state index contributed by atoms with van der Waals surface area (Å²) in [6, 6.07) is 18.2. The molecule has 12 rings (SSSR count). The average Bonchev–Trinajstić information content (AvgIpc) is 1.44. The Labute approximate surface area is 541 Å². The molecule has 2 aromatic carbocycles. The third-order valence-electron chi connectivity index (χ3n) is 26.3. The molecule has 10 aliphatic carbocycles. The lowest BCUT2D eigenvalue weighted by Gasteiger charge is -2.36. The van der Waals surface area contributed by atoms with E-state index in [1.165, 1.54) is 165 Å². The van der Waals surface area contributed by atoms with Crippen LogP contribution in [0.1, 0.15) is 374 Å². The summed E-state index contributed by atoms with van der Waals surface area (Å²) >= 11 is 0. The summed E-state index contributed by atoms with van der Waals surface area (Å²) in [7, 11) is 0. The van der Waals surface area contributed by atoms with Gasteiger partial charge < -0.3 is 0 Å². The van der Waals surface area contributed by atoms with Crippen molar-refractivity contribution in [2.45, 2.75) is 352 Å². The first-order chi connectivity index (χ1) is 40.5. The van der Waals surface area contributed by atoms with E-state index in [9.17, 15) is 0 Å². The SMILES string of the molecule is CC1CCC(C2CCC(C)CC2)CC1.CC1CCC(C2CCC(C)CC2)CC1.CC1CCC(C2CCC(C)CC2)CC1.CC1CCC(C2CCC(C)CC2)CC1.Cc1ccc(C2CCC(C)CC2)cc1.Cc1ccc(C2CCC(C)CC2)cc1.[HH].[HH].[HH].[HH].[HH].[HH].[HH].[HH].[HH].[HH]. The van der Waals surface area contributed by atoms with Crippen LogP contribution in [-0.2, 0) is 0 Å². The number of hydrogen-bond acceptors (Lipinski definition) is 0. The highest BCUT2D eigenvalue weighted by atomic mass is 14.4. The average molecular weight is 1170 g/mol. The molecule has 0 heteroatoms. The van der Waals surface area contributed by atoms with E-state index in [4.69, 9.17) is 0 Å². The van der Waals surface area contributed by atoms with Crippen LogP contribution in [0.3, 0.4) is 0 Å². The molecular weight excluding hydrogens is 1010 g/mol. The third-order valence-corrected chi connectivity index (χ3v) is 26.3. The maximum absolute atomic E-state index is 2.43. The van der Waals surface area contributed by atoms with E-state index in [1.807, 2.05) is 0 Å². The molecule has 0 spiro atoms. The van der Waals surface area contributed by atoms with Crippen molar-refractivity contribution >= 4 is 0 Å². The van der Waals surface area contributed by atoms with Crippen LogP contribution >= 0.6 is 0 Å². The molecule has 0 bridgehead atoms. The summed E-state index contributed by atoms with van der Waals surface area (Å²) in [6.45, 7) is 28.5. The molecule has 0 nitrogen and oxygen atoms in total. The molecule has 10 fully saturated rings. The first-order valence-corrected chi connectivity index (χ1v) is 38.7. The molecule has 500 valence electrons. The minimum atomic E-state index is 0. The Bertz CT molecular complexity index is 1650. The van der Waals surface area contributed by atoms with Crippen molar-refractivity contribution in [3.63, 3.8) is 0 Å². The summed E-state index contributed by atoms with van der Waals surface area (Å²) in [5.41, 5.74) is 5.86. The second kappa shape index (κ2) is 37.6. The zero-order valence-corrected chi connectivity index (χ0v) is 58.5. The van der Waals surface area contributed by atoms with Gasteiger partial charge in [0.25, 0.3) is 0 Å². The van der Waals surface area contributed by atoms with E-state index in [2.05, 4.69) is 132 Å². The van der Waals surface area contributed by atoms with Gasteiger partial charge >= 0.3 is 0 Å². The second-order valence-corrected chi connectivity index (χ2v) is 33.9. The topological polar surface area (TPSA) is 0 Å². The Balaban J connectivity index is -0.000000506. The van der Waals surface area contributed by atoms with Gasteiger partial charge in [0.1, 0.15) is 0 Å². The van der Waals surface area contributed by atoms with Gasteiger partial charge in [-0.25, -0.2) is 0 Å². The van der Waals surface area contributed by atoms with Gasteiger partial charge in [0.2, 0.25) is 0 Å². The smallest absolute Gasteiger partial charge is 0 e. The van der Waals surface area contributed by atoms with E-state index in [1.54, 1.807) is 114 Å². The van der Waals surface area contributed by atoms with Gasteiger partial charge in [0.05, 0.1) is 0 Å². The van der Waals surface area contributed by atoms with E-state index in [-0.39, 0.29) is 14.3 Å². The Kier molecular flexibility index (Phi) is 31.3. The zero-order chi connectivity index (χ0) is 59.8. The van der Waals surface area contributed by atoms with Gasteiger partial charge in [-0.15, -0.1) is 0 Å². The van der Waals surface area contributed by atoms with E-state index in [0.717, 1.165) is 118 Å². The number of rotatable bonds is 6. The first kappa shape index (κ1) is 69.9. The monoisotopic (exact) mass is 1170 g/mol. The van der Waals surface area contributed by atoms with Crippen molar-refractivity contribution in [1.29, 1.82) is 0 Å². The van der Waals surface area contributed by atoms with Crippen molar-refractivity contribution in [1.82, 2.24) is 0 Å². The molecule has 0 aliphatic heterocycles. The molecule has 10 saturated carbocycles. The molecule has 0 N–H and O–H groups in total. The fourth-order valence-electron chi connectivity index (χ4n) is 18.9. The maximum atomic E-state index is 2.43. The predicted molar refractivity (Wildman–Crippen MR) is 393 cm³/mol. The molecular formula is C84H164. The number of benzene rings is 2. The van der Waals surface area contributed by atoms with Crippen LogP contribution in [0.2, 0.25) is 0 Å². The molecule has 0 radical (unpaired) electrons. The normalized spacial score (nSPS) is 39.2. The van der Waals surface area contributed by atoms with Crippen LogP contribution in [0.25, 0.3) is 0 Å². The minimum Gasteiger partial charge on any atom is -0.0625 e. The first-order valence-electron chi connectivity index (χ1n) is 38.7. The maximum Gasteiger partial charge on any atom is 0 e. The highest BCUT2D eigenvalue weighted by Crippen LogP contribution is 2.45. The molecule has 0 aromatic heterocycles. The van der Waals surface area contributed by atoms with Gasteiger partial charge in [0.15, 0.2) is 0 Å². The fraction of sp³-hybridized carbons (Fsp3) is 0.857. The molecule has 0 atom stereocenters. The lowest BCUT2D eigenvalue weighted by Crippen LogP contribution is -2.24. The molecule has 0 unspecified atom stereocenters. The number of aryl methyl sites for hydroxylation is 2. The van der Waals surface area contributed by atoms with Crippen molar-refractivity contribution in [2.24, 2.45) is 107 Å². The summed E-state index contributed by atoms with van der Waals surface area (Å²) in [5, 5.41) is 0. The molecule has 0 heterocycles. The Morgan fingerprint density at radius 1 is 0.179 bits per heavy atom. The lowest BCUT2D eigenvalue weighted by molar-refractivity contribution is 0.155. The summed E-state index contributed by atoms with van der Waals surface area (Å²) in [6.07, 6.45) is 60.1. The van der Waals surface area contributed by atoms with Crippen molar-refractivity contribution in [2.75, 3.05) is 0 Å². The van der Waals surface area contributed by atoms with Crippen LogP contribution < -0.4 is 0 Å². The molecule has 2 aromatic rings. The Morgan fingerprint density at radius 2 is 0.298 bits per heavy atom. The second-order valence-electron chi connectivity index (χ2n) is 33.9. The zero-order valence-electron chi connectivity index (χ0n) is 58.5. The van der Waals surface area contributed by atoms with Crippen LogP contribution in [0.4, 0.5) is 0 Å². The van der Waals surface area contributed by atoms with Gasteiger partial charge in [-0.1, -0.05) is 257 Å². The van der Waals surface area contributed by atoms with Crippen molar-refractivity contribution in [3.8, 4) is 0 Å². The van der Waals surface area contributed by atoms with Gasteiger partial charge in [0, 0.05) is 14.3 Å². The summed E-state index contributed by atoms with van der Waals surface area (Å²) < 4.78 is 0. The lowest BCUT2D eigenvalue weighted by atomic mass is 9.70. The predicted octanol–water partition coefficient (Wildman–Crippen LogP) is 29.6. The van der Waals surface area contributed by atoms with Gasteiger partial charge in [-0.05, 0) is 272 Å². The molecule has 0 saturated heterocycles. The van der Waals surface area contributed by atoms with Crippen LogP contribution in [0.5, 0.6) is 0 Å². The Morgan fingerprint density at radius 3 is 0.429 bits per heavy atom. The van der Waals surface area contributed by atoms with Crippen LogP contribution in [-0.4, -0.2) is 0 Å². The van der Waals surface area contributed by atoms with E-state index in [0.29, 0.717) is 0 Å². The number of hydrogen-bond donors (Lipinski definition) is 0. The fourth-order valence-corrected chi connectivity index (χ4v) is 18.9. The van der Waals surface area contributed by atoms with Gasteiger partial charge in [-0.3, -0.25) is 0 Å². The van der Waals surface area contributed by atoms with Crippen LogP contribution in [0.15, 0.2) is 48.5 Å². The summed E-state index contributed by atoms with van der Waals surface area (Å²) in [4.78, 5) is 0. The quantitative estimate of drug-likeness (QED) is 0.270. The molecule has 10 aliphatic rings. The van der Waals surface area contributed by atoms with Crippen molar-refractivity contribution < 1.29 is 14.3 Å². The summed E-state index contributed by atoms with van der Waals surface area (Å²) in [5.74, 6) is 20.6. The molecule has 0 amide bonds. The minimum absolute atomic E-state index is 0. The van der Waals surface area contributed by atoms with E-state index < -0.39 is 0 Å². The Hall–Kier alpha value is -1.56. The molecule has 84 heavy (non-hydrogen) atoms. The largest absolute Gasteiger partial charge is 0.0625 e. The third kappa shape index (κ3) is 25.0. The van der Waals surface area contributed by atoms with Crippen molar-refractivity contribution in [3.05, 3.63) is 70.8 Å². The van der Waals surface area contributed by atoms with Crippen LogP contribution in [0, 0.1) is 120 Å².